The third-order valence-electron chi connectivity index (χ3n) is 3.05. The molecule has 0 radical (unpaired) electrons. The molecule has 7 nitrogen and oxygen atoms in total. The van der Waals surface area contributed by atoms with E-state index in [1.54, 1.807) is 0 Å². The third kappa shape index (κ3) is 12.1. The van der Waals surface area contributed by atoms with Crippen molar-refractivity contribution in [2.75, 3.05) is 59.5 Å². The molecule has 0 bridgehead atoms. The summed E-state index contributed by atoms with van der Waals surface area (Å²) in [4.78, 5) is 10.7. The average molecular weight is 332 g/mol. The molecule has 0 N–H and O–H groups in total. The van der Waals surface area contributed by atoms with E-state index in [4.69, 9.17) is 28.4 Å². The highest BCUT2D eigenvalue weighted by Crippen LogP contribution is 2.13. The summed E-state index contributed by atoms with van der Waals surface area (Å²) in [6.45, 7) is 7.69. The minimum Gasteiger partial charge on any atom is -0.460 e. The molecule has 1 aliphatic heterocycles. The third-order valence-corrected chi connectivity index (χ3v) is 3.05. The van der Waals surface area contributed by atoms with Crippen LogP contribution in [0.4, 0.5) is 0 Å². The average Bonchev–Trinajstić information content (AvgIpc) is 2.59. The molecule has 1 aliphatic rings. The van der Waals surface area contributed by atoms with Gasteiger partial charge in [0.05, 0.1) is 46.2 Å². The van der Waals surface area contributed by atoms with Crippen molar-refractivity contribution in [1.29, 1.82) is 0 Å². The van der Waals surface area contributed by atoms with Crippen LogP contribution in [0, 0.1) is 0 Å². The predicted molar refractivity (Wildman–Crippen MR) is 83.2 cm³/mol. The first-order valence-electron chi connectivity index (χ1n) is 8.08. The zero-order valence-corrected chi connectivity index (χ0v) is 13.7. The summed E-state index contributed by atoms with van der Waals surface area (Å²) in [6, 6.07) is 0. The van der Waals surface area contributed by atoms with E-state index >= 15 is 0 Å². The zero-order chi connectivity index (χ0) is 16.6. The Kier molecular flexibility index (Phi) is 12.7. The van der Waals surface area contributed by atoms with Gasteiger partial charge < -0.3 is 28.4 Å². The quantitative estimate of drug-likeness (QED) is 0.270. The SMILES string of the molecule is C=CC(=O)OCCOCCOCCOCCOC1CCCCO1. The largest absolute Gasteiger partial charge is 0.460 e. The second-order valence-corrected chi connectivity index (χ2v) is 4.88. The molecule has 1 rings (SSSR count). The second-order valence-electron chi connectivity index (χ2n) is 4.88. The van der Waals surface area contributed by atoms with Crippen LogP contribution in [0.15, 0.2) is 12.7 Å². The Balaban J connectivity index is 1.71. The lowest BCUT2D eigenvalue weighted by Crippen LogP contribution is -2.24. The number of ether oxygens (including phenoxy) is 6. The van der Waals surface area contributed by atoms with Crippen LogP contribution in [0.1, 0.15) is 19.3 Å². The van der Waals surface area contributed by atoms with Crippen molar-refractivity contribution in [3.8, 4) is 0 Å². The van der Waals surface area contributed by atoms with Crippen molar-refractivity contribution in [2.24, 2.45) is 0 Å². The van der Waals surface area contributed by atoms with E-state index in [0.717, 1.165) is 31.9 Å². The van der Waals surface area contributed by atoms with Gasteiger partial charge in [0, 0.05) is 12.7 Å². The highest BCUT2D eigenvalue weighted by atomic mass is 16.7. The van der Waals surface area contributed by atoms with Crippen molar-refractivity contribution in [3.05, 3.63) is 12.7 Å². The highest BCUT2D eigenvalue weighted by molar-refractivity contribution is 5.81. The molecule has 134 valence electrons. The Morgan fingerprint density at radius 1 is 0.957 bits per heavy atom. The summed E-state index contributed by atoms with van der Waals surface area (Å²) in [5, 5.41) is 0. The van der Waals surface area contributed by atoms with E-state index in [1.807, 2.05) is 0 Å². The molecule has 7 heteroatoms. The standard InChI is InChI=1S/C16H28O7/c1-2-15(17)21-13-11-19-9-7-18-8-10-20-12-14-23-16-5-3-4-6-22-16/h2,16H,1,3-14H2. The second kappa shape index (κ2) is 14.6. The number of carbonyl (C=O) groups excluding carboxylic acids is 1. The monoisotopic (exact) mass is 332 g/mol. The number of esters is 1. The molecular formula is C16H28O7. The van der Waals surface area contributed by atoms with Crippen LogP contribution in [0.25, 0.3) is 0 Å². The molecule has 0 aromatic carbocycles. The van der Waals surface area contributed by atoms with Crippen LogP contribution in [0.3, 0.4) is 0 Å². The van der Waals surface area contributed by atoms with Crippen LogP contribution in [-0.2, 0) is 33.2 Å². The smallest absolute Gasteiger partial charge is 0.330 e. The Morgan fingerprint density at radius 3 is 2.13 bits per heavy atom. The van der Waals surface area contributed by atoms with E-state index in [1.165, 1.54) is 0 Å². The summed E-state index contributed by atoms with van der Waals surface area (Å²) in [6.07, 6.45) is 4.31. The van der Waals surface area contributed by atoms with Crippen molar-refractivity contribution >= 4 is 5.97 Å². The maximum absolute atomic E-state index is 10.7. The molecule has 1 saturated heterocycles. The molecule has 0 aliphatic carbocycles. The van der Waals surface area contributed by atoms with E-state index in [0.29, 0.717) is 46.2 Å². The molecule has 0 saturated carbocycles. The first kappa shape index (κ1) is 20.1. The van der Waals surface area contributed by atoms with Gasteiger partial charge in [-0.1, -0.05) is 6.58 Å². The van der Waals surface area contributed by atoms with E-state index < -0.39 is 5.97 Å². The molecule has 1 fully saturated rings. The lowest BCUT2D eigenvalue weighted by atomic mass is 10.2. The van der Waals surface area contributed by atoms with Crippen LogP contribution >= 0.6 is 0 Å². The van der Waals surface area contributed by atoms with Crippen molar-refractivity contribution < 1.29 is 33.2 Å². The molecule has 1 heterocycles. The van der Waals surface area contributed by atoms with Gasteiger partial charge >= 0.3 is 5.97 Å². The summed E-state index contributed by atoms with van der Waals surface area (Å²) in [5.41, 5.74) is 0. The molecular weight excluding hydrogens is 304 g/mol. The lowest BCUT2D eigenvalue weighted by Gasteiger charge is -2.22. The van der Waals surface area contributed by atoms with Gasteiger partial charge in [0.25, 0.3) is 0 Å². The maximum Gasteiger partial charge on any atom is 0.330 e. The first-order chi connectivity index (χ1) is 11.3. The van der Waals surface area contributed by atoms with Gasteiger partial charge in [0.15, 0.2) is 6.29 Å². The molecule has 0 aromatic heterocycles. The van der Waals surface area contributed by atoms with Gasteiger partial charge in [0.1, 0.15) is 6.61 Å². The van der Waals surface area contributed by atoms with Gasteiger partial charge in [-0.25, -0.2) is 4.79 Å². The van der Waals surface area contributed by atoms with Gasteiger partial charge in [-0.3, -0.25) is 0 Å². The van der Waals surface area contributed by atoms with Crippen LogP contribution in [0.2, 0.25) is 0 Å². The van der Waals surface area contributed by atoms with E-state index in [2.05, 4.69) is 6.58 Å². The number of carbonyl (C=O) groups is 1. The Labute approximate surface area is 137 Å². The summed E-state index contributed by atoms with van der Waals surface area (Å²) in [7, 11) is 0. The van der Waals surface area contributed by atoms with E-state index in [-0.39, 0.29) is 12.9 Å². The van der Waals surface area contributed by atoms with Crippen molar-refractivity contribution in [3.63, 3.8) is 0 Å². The van der Waals surface area contributed by atoms with Gasteiger partial charge in [-0.15, -0.1) is 0 Å². The number of hydrogen-bond acceptors (Lipinski definition) is 7. The normalized spacial score (nSPS) is 17.8. The van der Waals surface area contributed by atoms with Crippen molar-refractivity contribution in [1.82, 2.24) is 0 Å². The fourth-order valence-electron chi connectivity index (χ4n) is 1.88. The lowest BCUT2D eigenvalue weighted by molar-refractivity contribution is -0.169. The van der Waals surface area contributed by atoms with Crippen LogP contribution in [-0.4, -0.2) is 71.7 Å². The first-order valence-corrected chi connectivity index (χ1v) is 8.08. The Hall–Kier alpha value is -0.990. The van der Waals surface area contributed by atoms with E-state index in [9.17, 15) is 4.79 Å². The molecule has 23 heavy (non-hydrogen) atoms. The topological polar surface area (TPSA) is 72.5 Å². The molecule has 1 unspecified atom stereocenters. The fraction of sp³-hybridized carbons (Fsp3) is 0.812. The summed E-state index contributed by atoms with van der Waals surface area (Å²) < 4.78 is 31.7. The Morgan fingerprint density at radius 2 is 1.57 bits per heavy atom. The zero-order valence-electron chi connectivity index (χ0n) is 13.7. The molecule has 0 amide bonds. The van der Waals surface area contributed by atoms with Gasteiger partial charge in [0.2, 0.25) is 0 Å². The summed E-state index contributed by atoms with van der Waals surface area (Å²) in [5.74, 6) is -0.443. The minimum atomic E-state index is -0.443. The summed E-state index contributed by atoms with van der Waals surface area (Å²) >= 11 is 0. The Bertz CT molecular complexity index is 303. The molecule has 0 aromatic rings. The predicted octanol–water partition coefficient (Wildman–Crippen LogP) is 1.31. The van der Waals surface area contributed by atoms with Crippen LogP contribution in [0.5, 0.6) is 0 Å². The van der Waals surface area contributed by atoms with Crippen molar-refractivity contribution in [2.45, 2.75) is 25.6 Å². The highest BCUT2D eigenvalue weighted by Gasteiger charge is 2.13. The minimum absolute atomic E-state index is 0.0634. The molecule has 0 spiro atoms. The van der Waals surface area contributed by atoms with Crippen LogP contribution < -0.4 is 0 Å². The number of rotatable bonds is 14. The number of hydrogen-bond donors (Lipinski definition) is 0. The fourth-order valence-corrected chi connectivity index (χ4v) is 1.88. The van der Waals surface area contributed by atoms with Gasteiger partial charge in [-0.2, -0.15) is 0 Å². The maximum atomic E-state index is 10.7. The molecule has 1 atom stereocenters. The van der Waals surface area contributed by atoms with Gasteiger partial charge in [-0.05, 0) is 19.3 Å².